The van der Waals surface area contributed by atoms with E-state index < -0.39 is 6.04 Å². The minimum atomic E-state index is -0.490. The quantitative estimate of drug-likeness (QED) is 0.784. The Morgan fingerprint density at radius 2 is 1.86 bits per heavy atom. The molecule has 0 aliphatic carbocycles. The van der Waals surface area contributed by atoms with Gasteiger partial charge in [0.2, 0.25) is 11.8 Å². The highest BCUT2D eigenvalue weighted by Gasteiger charge is 2.17. The van der Waals surface area contributed by atoms with Gasteiger partial charge in [0.15, 0.2) is 0 Å². The number of rotatable bonds is 3. The molecule has 0 saturated heterocycles. The van der Waals surface area contributed by atoms with Gasteiger partial charge in [-0.05, 0) is 39.7 Å². The van der Waals surface area contributed by atoms with E-state index in [1.807, 2.05) is 30.3 Å². The van der Waals surface area contributed by atoms with Crippen LogP contribution in [0.5, 0.6) is 0 Å². The van der Waals surface area contributed by atoms with Crippen molar-refractivity contribution in [3.05, 3.63) is 70.3 Å². The van der Waals surface area contributed by atoms with Crippen LogP contribution in [0.2, 0.25) is 0 Å². The Bertz CT molecular complexity index is 761. The number of halogens is 2. The molecule has 21 heavy (non-hydrogen) atoms. The Balaban J connectivity index is 1.91. The van der Waals surface area contributed by atoms with Gasteiger partial charge in [-0.2, -0.15) is 0 Å². The van der Waals surface area contributed by atoms with Gasteiger partial charge in [0, 0.05) is 5.56 Å². The van der Waals surface area contributed by atoms with E-state index >= 15 is 0 Å². The van der Waals surface area contributed by atoms with Gasteiger partial charge in [0.25, 0.3) is 0 Å². The van der Waals surface area contributed by atoms with Gasteiger partial charge in [-0.15, -0.1) is 10.2 Å². The molecule has 6 heteroatoms. The van der Waals surface area contributed by atoms with Crippen molar-refractivity contribution >= 4 is 15.9 Å². The van der Waals surface area contributed by atoms with E-state index in [2.05, 4.69) is 26.1 Å². The van der Waals surface area contributed by atoms with Gasteiger partial charge < -0.3 is 10.2 Å². The van der Waals surface area contributed by atoms with Crippen LogP contribution in [0.4, 0.5) is 4.39 Å². The van der Waals surface area contributed by atoms with Crippen molar-refractivity contribution in [3.63, 3.8) is 0 Å². The summed E-state index contributed by atoms with van der Waals surface area (Å²) >= 11 is 3.13. The Hall–Kier alpha value is -2.05. The van der Waals surface area contributed by atoms with Crippen LogP contribution in [0.3, 0.4) is 0 Å². The Kier molecular flexibility index (Phi) is 3.81. The fourth-order valence-electron chi connectivity index (χ4n) is 1.91. The first-order chi connectivity index (χ1) is 10.1. The van der Waals surface area contributed by atoms with E-state index in [9.17, 15) is 4.39 Å². The maximum absolute atomic E-state index is 13.2. The van der Waals surface area contributed by atoms with Crippen LogP contribution in [0.1, 0.15) is 17.5 Å². The number of nitrogens with two attached hydrogens (primary N) is 1. The minimum absolute atomic E-state index is 0.303. The summed E-state index contributed by atoms with van der Waals surface area (Å²) in [6, 6.07) is 13.5. The molecule has 0 radical (unpaired) electrons. The molecule has 0 amide bonds. The van der Waals surface area contributed by atoms with Crippen LogP contribution in [0, 0.1) is 5.82 Å². The monoisotopic (exact) mass is 347 g/mol. The van der Waals surface area contributed by atoms with Crippen molar-refractivity contribution in [3.8, 4) is 11.5 Å². The smallest absolute Gasteiger partial charge is 0.247 e. The average molecular weight is 348 g/mol. The van der Waals surface area contributed by atoms with Gasteiger partial charge >= 0.3 is 0 Å². The number of aromatic nitrogens is 2. The summed E-state index contributed by atoms with van der Waals surface area (Å²) in [7, 11) is 0. The zero-order chi connectivity index (χ0) is 14.8. The van der Waals surface area contributed by atoms with Gasteiger partial charge in [-0.25, -0.2) is 4.39 Å². The van der Waals surface area contributed by atoms with E-state index in [1.54, 1.807) is 12.1 Å². The van der Waals surface area contributed by atoms with Crippen molar-refractivity contribution in [1.82, 2.24) is 10.2 Å². The van der Waals surface area contributed by atoms with Crippen LogP contribution in [0.15, 0.2) is 57.4 Å². The molecule has 0 aliphatic rings. The van der Waals surface area contributed by atoms with Crippen LogP contribution >= 0.6 is 15.9 Å². The molecule has 0 aliphatic heterocycles. The maximum Gasteiger partial charge on any atom is 0.247 e. The average Bonchev–Trinajstić information content (AvgIpc) is 3.00. The van der Waals surface area contributed by atoms with Crippen molar-refractivity contribution in [2.24, 2.45) is 5.73 Å². The summed E-state index contributed by atoms with van der Waals surface area (Å²) in [6.45, 7) is 0. The highest BCUT2D eigenvalue weighted by atomic mass is 79.9. The lowest BCUT2D eigenvalue weighted by molar-refractivity contribution is 0.484. The third kappa shape index (κ3) is 2.86. The van der Waals surface area contributed by atoms with Crippen LogP contribution in [-0.4, -0.2) is 10.2 Å². The molecule has 2 aromatic carbocycles. The molecule has 106 valence electrons. The molecule has 1 heterocycles. The Morgan fingerprint density at radius 3 is 2.57 bits per heavy atom. The summed E-state index contributed by atoms with van der Waals surface area (Å²) < 4.78 is 19.2. The normalized spacial score (nSPS) is 12.3. The molecule has 1 unspecified atom stereocenters. The number of nitrogens with zero attached hydrogens (tertiary/aromatic N) is 2. The third-order valence-electron chi connectivity index (χ3n) is 3.03. The van der Waals surface area contributed by atoms with Crippen LogP contribution in [0.25, 0.3) is 11.5 Å². The van der Waals surface area contributed by atoms with E-state index in [0.717, 1.165) is 5.56 Å². The summed E-state index contributed by atoms with van der Waals surface area (Å²) in [5.74, 6) is 0.271. The molecule has 1 atom stereocenters. The fraction of sp³-hybridized carbons (Fsp3) is 0.0667. The second kappa shape index (κ2) is 5.75. The molecule has 4 nitrogen and oxygen atoms in total. The topological polar surface area (TPSA) is 64.9 Å². The van der Waals surface area contributed by atoms with Crippen molar-refractivity contribution in [2.45, 2.75) is 6.04 Å². The largest absolute Gasteiger partial charge is 0.419 e. The van der Waals surface area contributed by atoms with E-state index in [1.165, 1.54) is 6.07 Å². The van der Waals surface area contributed by atoms with Crippen molar-refractivity contribution in [1.29, 1.82) is 0 Å². The maximum atomic E-state index is 13.2. The second-order valence-electron chi connectivity index (χ2n) is 4.46. The van der Waals surface area contributed by atoms with Gasteiger partial charge in [0.05, 0.1) is 4.47 Å². The highest BCUT2D eigenvalue weighted by molar-refractivity contribution is 9.10. The van der Waals surface area contributed by atoms with E-state index in [0.29, 0.717) is 21.8 Å². The molecule has 0 spiro atoms. The second-order valence-corrected chi connectivity index (χ2v) is 5.32. The summed E-state index contributed by atoms with van der Waals surface area (Å²) in [5, 5.41) is 7.93. The van der Waals surface area contributed by atoms with Crippen LogP contribution in [-0.2, 0) is 0 Å². The zero-order valence-electron chi connectivity index (χ0n) is 10.8. The summed E-state index contributed by atoms with van der Waals surface area (Å²) in [4.78, 5) is 0. The first kappa shape index (κ1) is 13.9. The molecule has 0 saturated carbocycles. The molecule has 2 N–H and O–H groups in total. The Morgan fingerprint density at radius 1 is 1.10 bits per heavy atom. The highest BCUT2D eigenvalue weighted by Crippen LogP contribution is 2.26. The molecule has 3 rings (SSSR count). The predicted octanol–water partition coefficient (Wildman–Crippen LogP) is 3.69. The predicted molar refractivity (Wildman–Crippen MR) is 79.9 cm³/mol. The van der Waals surface area contributed by atoms with Crippen molar-refractivity contribution in [2.75, 3.05) is 0 Å². The standard InChI is InChI=1S/C15H11BrFN3O/c16-11-8-10(6-7-12(11)17)14-19-20-15(21-14)13(18)9-4-2-1-3-5-9/h1-8,13H,18H2. The molecular weight excluding hydrogens is 337 g/mol. The SMILES string of the molecule is NC(c1ccccc1)c1nnc(-c2ccc(F)c(Br)c2)o1. The minimum Gasteiger partial charge on any atom is -0.419 e. The van der Waals surface area contributed by atoms with Gasteiger partial charge in [-0.3, -0.25) is 0 Å². The fourth-order valence-corrected chi connectivity index (χ4v) is 2.29. The first-order valence-electron chi connectivity index (χ1n) is 6.24. The first-order valence-corrected chi connectivity index (χ1v) is 7.04. The summed E-state index contributed by atoms with van der Waals surface area (Å²) in [5.41, 5.74) is 7.61. The lowest BCUT2D eigenvalue weighted by atomic mass is 10.1. The third-order valence-corrected chi connectivity index (χ3v) is 3.64. The number of hydrogen-bond acceptors (Lipinski definition) is 4. The number of benzene rings is 2. The van der Waals surface area contributed by atoms with Crippen molar-refractivity contribution < 1.29 is 8.81 Å². The van der Waals surface area contributed by atoms with Gasteiger partial charge in [-0.1, -0.05) is 30.3 Å². The number of hydrogen-bond donors (Lipinski definition) is 1. The molecule has 1 aromatic heterocycles. The lowest BCUT2D eigenvalue weighted by Gasteiger charge is -2.06. The molecular formula is C15H11BrFN3O. The van der Waals surface area contributed by atoms with E-state index in [4.69, 9.17) is 10.2 Å². The lowest BCUT2D eigenvalue weighted by Crippen LogP contribution is -2.11. The zero-order valence-corrected chi connectivity index (χ0v) is 12.4. The molecule has 3 aromatic rings. The Labute approximate surface area is 128 Å². The van der Waals surface area contributed by atoms with Crippen LogP contribution < -0.4 is 5.73 Å². The van der Waals surface area contributed by atoms with Gasteiger partial charge in [0.1, 0.15) is 11.9 Å². The summed E-state index contributed by atoms with van der Waals surface area (Å²) in [6.07, 6.45) is 0. The molecule has 0 fully saturated rings. The molecule has 0 bridgehead atoms. The van der Waals surface area contributed by atoms with E-state index in [-0.39, 0.29) is 5.82 Å².